The van der Waals surface area contributed by atoms with Crippen LogP contribution >= 0.6 is 11.8 Å². The summed E-state index contributed by atoms with van der Waals surface area (Å²) in [7, 11) is 0. The van der Waals surface area contributed by atoms with E-state index >= 15 is 0 Å². The fraction of sp³-hybridized carbons (Fsp3) is 0.421. The summed E-state index contributed by atoms with van der Waals surface area (Å²) in [5.41, 5.74) is 4.57. The number of hydrazine groups is 1. The standard InChI is InChI=1S/C19H21N5O4S/c1-3-23-18(28)12-7-5-4-6-11(12)15(22-23)17(27)21-20-16(26)13-10-29-19(2)9-8-14(25)24(13)19/h4-7,13H,3,8-10H2,1-2H3,(H,20,26)(H,21,27)/t13-,19-/m0/s1. The van der Waals surface area contributed by atoms with Crippen molar-refractivity contribution in [1.82, 2.24) is 25.5 Å². The van der Waals surface area contributed by atoms with Gasteiger partial charge in [0.1, 0.15) is 6.04 Å². The van der Waals surface area contributed by atoms with Crippen LogP contribution in [0.1, 0.15) is 37.2 Å². The average molecular weight is 415 g/mol. The number of thioether (sulfide) groups is 1. The van der Waals surface area contributed by atoms with E-state index in [1.807, 2.05) is 6.92 Å². The molecule has 2 aromatic rings. The number of nitrogens with zero attached hydrogens (tertiary/aromatic N) is 3. The Bertz CT molecular complexity index is 1080. The molecule has 1 aromatic carbocycles. The lowest BCUT2D eigenvalue weighted by Gasteiger charge is -2.29. The molecule has 2 aliphatic heterocycles. The molecule has 29 heavy (non-hydrogen) atoms. The number of rotatable bonds is 3. The van der Waals surface area contributed by atoms with Crippen molar-refractivity contribution in [3.8, 4) is 0 Å². The lowest BCUT2D eigenvalue weighted by Crippen LogP contribution is -2.54. The Morgan fingerprint density at radius 3 is 2.69 bits per heavy atom. The fourth-order valence-electron chi connectivity index (χ4n) is 3.89. The summed E-state index contributed by atoms with van der Waals surface area (Å²) < 4.78 is 1.21. The zero-order valence-electron chi connectivity index (χ0n) is 16.1. The Hall–Kier alpha value is -2.88. The van der Waals surface area contributed by atoms with Crippen molar-refractivity contribution in [2.24, 2.45) is 0 Å². The number of nitrogens with one attached hydrogen (secondary N) is 2. The molecule has 1 aromatic heterocycles. The summed E-state index contributed by atoms with van der Waals surface area (Å²) in [5.74, 6) is -0.645. The highest BCUT2D eigenvalue weighted by atomic mass is 32.2. The van der Waals surface area contributed by atoms with Gasteiger partial charge in [0, 0.05) is 24.1 Å². The second-order valence-electron chi connectivity index (χ2n) is 7.22. The topological polar surface area (TPSA) is 113 Å². The molecule has 3 heterocycles. The molecule has 10 heteroatoms. The predicted molar refractivity (Wildman–Crippen MR) is 108 cm³/mol. The first kappa shape index (κ1) is 19.4. The molecule has 0 bridgehead atoms. The second kappa shape index (κ2) is 7.18. The van der Waals surface area contributed by atoms with Gasteiger partial charge in [0.15, 0.2) is 5.69 Å². The quantitative estimate of drug-likeness (QED) is 0.711. The van der Waals surface area contributed by atoms with Gasteiger partial charge in [0.2, 0.25) is 5.91 Å². The van der Waals surface area contributed by atoms with Crippen LogP contribution < -0.4 is 16.4 Å². The van der Waals surface area contributed by atoms with Crippen molar-refractivity contribution in [3.05, 3.63) is 40.3 Å². The van der Waals surface area contributed by atoms with E-state index in [9.17, 15) is 19.2 Å². The SMILES string of the molecule is CCn1nc(C(=O)NNC(=O)[C@@H]2CS[C@@]3(C)CCC(=O)N23)c2ccccc2c1=O. The van der Waals surface area contributed by atoms with Crippen LogP contribution in [0, 0.1) is 0 Å². The summed E-state index contributed by atoms with van der Waals surface area (Å²) >= 11 is 1.58. The minimum Gasteiger partial charge on any atom is -0.315 e. The highest BCUT2D eigenvalue weighted by Crippen LogP contribution is 2.47. The largest absolute Gasteiger partial charge is 0.315 e. The van der Waals surface area contributed by atoms with Gasteiger partial charge in [-0.25, -0.2) is 4.68 Å². The molecule has 9 nitrogen and oxygen atoms in total. The minimum absolute atomic E-state index is 0.0465. The van der Waals surface area contributed by atoms with Crippen molar-refractivity contribution in [2.45, 2.75) is 44.1 Å². The summed E-state index contributed by atoms with van der Waals surface area (Å²) in [6, 6.07) is 6.08. The van der Waals surface area contributed by atoms with E-state index in [2.05, 4.69) is 16.0 Å². The van der Waals surface area contributed by atoms with Gasteiger partial charge in [0.25, 0.3) is 17.4 Å². The zero-order chi connectivity index (χ0) is 20.8. The highest BCUT2D eigenvalue weighted by molar-refractivity contribution is 8.01. The van der Waals surface area contributed by atoms with E-state index in [1.165, 1.54) is 4.68 Å². The lowest BCUT2D eigenvalue weighted by molar-refractivity contribution is -0.138. The Morgan fingerprint density at radius 2 is 1.97 bits per heavy atom. The number of hydrogen-bond donors (Lipinski definition) is 2. The zero-order valence-corrected chi connectivity index (χ0v) is 16.9. The average Bonchev–Trinajstić information content (AvgIpc) is 3.22. The van der Waals surface area contributed by atoms with Crippen molar-refractivity contribution in [1.29, 1.82) is 0 Å². The van der Waals surface area contributed by atoms with Crippen LogP contribution in [0.4, 0.5) is 0 Å². The van der Waals surface area contributed by atoms with E-state index in [-0.39, 0.29) is 22.0 Å². The van der Waals surface area contributed by atoms with E-state index < -0.39 is 17.9 Å². The maximum Gasteiger partial charge on any atom is 0.290 e. The van der Waals surface area contributed by atoms with Gasteiger partial charge in [-0.2, -0.15) is 5.10 Å². The Labute approximate surface area is 170 Å². The first-order valence-corrected chi connectivity index (χ1v) is 10.4. The third kappa shape index (κ3) is 3.17. The molecule has 2 aliphatic rings. The summed E-state index contributed by atoms with van der Waals surface area (Å²) in [6.07, 6.45) is 1.13. The van der Waals surface area contributed by atoms with Crippen molar-refractivity contribution in [2.75, 3.05) is 5.75 Å². The van der Waals surface area contributed by atoms with E-state index in [0.717, 1.165) is 0 Å². The summed E-state index contributed by atoms with van der Waals surface area (Å²) in [4.78, 5) is 51.2. The van der Waals surface area contributed by atoms with Crippen LogP contribution in [-0.4, -0.2) is 49.1 Å². The van der Waals surface area contributed by atoms with Gasteiger partial charge in [-0.15, -0.1) is 11.8 Å². The van der Waals surface area contributed by atoms with Crippen molar-refractivity contribution in [3.63, 3.8) is 0 Å². The van der Waals surface area contributed by atoms with Crippen molar-refractivity contribution < 1.29 is 14.4 Å². The molecule has 0 spiro atoms. The van der Waals surface area contributed by atoms with Crippen LogP contribution in [0.15, 0.2) is 29.1 Å². The van der Waals surface area contributed by atoms with Gasteiger partial charge in [-0.3, -0.25) is 30.0 Å². The van der Waals surface area contributed by atoms with E-state index in [1.54, 1.807) is 47.9 Å². The molecule has 4 rings (SSSR count). The molecule has 0 saturated carbocycles. The third-order valence-electron chi connectivity index (χ3n) is 5.43. The van der Waals surface area contributed by atoms with Gasteiger partial charge < -0.3 is 4.90 Å². The number of carbonyl (C=O) groups is 3. The Balaban J connectivity index is 1.54. The van der Waals surface area contributed by atoms with Crippen molar-refractivity contribution >= 4 is 40.3 Å². The van der Waals surface area contributed by atoms with Gasteiger partial charge in [0.05, 0.1) is 10.3 Å². The highest BCUT2D eigenvalue weighted by Gasteiger charge is 2.52. The molecule has 2 N–H and O–H groups in total. The van der Waals surface area contributed by atoms with Gasteiger partial charge in [-0.1, -0.05) is 18.2 Å². The number of aromatic nitrogens is 2. The third-order valence-corrected chi connectivity index (χ3v) is 6.93. The molecule has 2 saturated heterocycles. The molecule has 0 aliphatic carbocycles. The molecule has 152 valence electrons. The molecule has 2 fully saturated rings. The van der Waals surface area contributed by atoms with Crippen LogP contribution in [0.5, 0.6) is 0 Å². The second-order valence-corrected chi connectivity index (χ2v) is 8.73. The molecular formula is C19H21N5O4S. The minimum atomic E-state index is -0.630. The lowest BCUT2D eigenvalue weighted by atomic mass is 10.1. The van der Waals surface area contributed by atoms with Crippen LogP contribution in [0.3, 0.4) is 0 Å². The van der Waals surface area contributed by atoms with Gasteiger partial charge in [-0.05, 0) is 26.3 Å². The summed E-state index contributed by atoms with van der Waals surface area (Å²) in [6.45, 7) is 4.03. The number of amides is 3. The number of carbonyl (C=O) groups excluding carboxylic acids is 3. The molecule has 3 amide bonds. The van der Waals surface area contributed by atoms with Crippen LogP contribution in [0.2, 0.25) is 0 Å². The predicted octanol–water partition coefficient (Wildman–Crippen LogP) is 0.631. The Morgan fingerprint density at radius 1 is 1.24 bits per heavy atom. The van der Waals surface area contributed by atoms with Crippen LogP contribution in [0.25, 0.3) is 10.8 Å². The molecule has 2 atom stereocenters. The monoisotopic (exact) mass is 415 g/mol. The maximum absolute atomic E-state index is 12.7. The number of hydrogen-bond acceptors (Lipinski definition) is 6. The summed E-state index contributed by atoms with van der Waals surface area (Å²) in [5, 5.41) is 4.93. The first-order valence-electron chi connectivity index (χ1n) is 9.42. The van der Waals surface area contributed by atoms with E-state index in [4.69, 9.17) is 0 Å². The van der Waals surface area contributed by atoms with Gasteiger partial charge >= 0.3 is 0 Å². The maximum atomic E-state index is 12.7. The number of aryl methyl sites for hydroxylation is 1. The molecule has 0 unspecified atom stereocenters. The smallest absolute Gasteiger partial charge is 0.290 e. The fourth-order valence-corrected chi connectivity index (χ4v) is 5.32. The van der Waals surface area contributed by atoms with E-state index in [0.29, 0.717) is 35.9 Å². The number of benzene rings is 1. The first-order chi connectivity index (χ1) is 13.9. The number of fused-ring (bicyclic) bond motifs is 2. The van der Waals surface area contributed by atoms with Crippen LogP contribution in [-0.2, 0) is 16.1 Å². The normalized spacial score (nSPS) is 23.3. The molecular weight excluding hydrogens is 394 g/mol. The Kier molecular flexibility index (Phi) is 4.81. The molecule has 0 radical (unpaired) electrons.